The van der Waals surface area contributed by atoms with Gasteiger partial charge >= 0.3 is 6.09 Å². The number of alkyl carbamates (subject to hydrolysis) is 1. The third-order valence-corrected chi connectivity index (χ3v) is 5.24. The van der Waals surface area contributed by atoms with Crippen molar-refractivity contribution in [2.24, 2.45) is 5.92 Å². The van der Waals surface area contributed by atoms with Gasteiger partial charge in [0, 0.05) is 23.1 Å². The molecule has 0 saturated heterocycles. The summed E-state index contributed by atoms with van der Waals surface area (Å²) < 4.78 is 5.31. The molecule has 0 fully saturated rings. The number of carbonyl (C=O) groups is 2. The molecule has 158 valence electrons. The van der Waals surface area contributed by atoms with Crippen LogP contribution in [-0.2, 0) is 16.0 Å². The van der Waals surface area contributed by atoms with Crippen molar-refractivity contribution in [2.75, 3.05) is 6.54 Å². The van der Waals surface area contributed by atoms with Crippen molar-refractivity contribution in [3.05, 3.63) is 35.5 Å². The second-order valence-electron chi connectivity index (χ2n) is 9.36. The Morgan fingerprint density at radius 1 is 1.24 bits per heavy atom. The summed E-state index contributed by atoms with van der Waals surface area (Å²) in [7, 11) is 0. The van der Waals surface area contributed by atoms with E-state index in [2.05, 4.69) is 42.3 Å². The van der Waals surface area contributed by atoms with E-state index in [-0.39, 0.29) is 11.9 Å². The predicted octanol–water partition coefficient (Wildman–Crippen LogP) is 4.55. The van der Waals surface area contributed by atoms with Crippen LogP contribution in [0.25, 0.3) is 10.9 Å². The van der Waals surface area contributed by atoms with E-state index in [1.54, 1.807) is 27.7 Å². The number of amides is 2. The molecule has 1 aliphatic heterocycles. The zero-order chi connectivity index (χ0) is 21.3. The Morgan fingerprint density at radius 3 is 2.59 bits per heavy atom. The van der Waals surface area contributed by atoms with Crippen molar-refractivity contribution in [1.29, 1.82) is 0 Å². The minimum atomic E-state index is -0.648. The molecule has 29 heavy (non-hydrogen) atoms. The van der Waals surface area contributed by atoms with E-state index in [1.807, 2.05) is 11.0 Å². The molecule has 0 radical (unpaired) electrons. The zero-order valence-corrected chi connectivity index (χ0v) is 18.3. The number of nitrogens with zero attached hydrogens (tertiary/aromatic N) is 1. The first kappa shape index (κ1) is 21.2. The summed E-state index contributed by atoms with van der Waals surface area (Å²) in [6.07, 6.45) is 1.10. The maximum Gasteiger partial charge on any atom is 0.408 e. The van der Waals surface area contributed by atoms with Crippen molar-refractivity contribution < 1.29 is 14.3 Å². The van der Waals surface area contributed by atoms with Crippen LogP contribution in [-0.4, -0.2) is 40.1 Å². The molecule has 0 bridgehead atoms. The maximum absolute atomic E-state index is 13.3. The van der Waals surface area contributed by atoms with E-state index in [0.717, 1.165) is 24.1 Å². The van der Waals surface area contributed by atoms with Crippen molar-refractivity contribution >= 4 is 22.9 Å². The second-order valence-corrected chi connectivity index (χ2v) is 9.36. The average molecular weight is 400 g/mol. The van der Waals surface area contributed by atoms with Gasteiger partial charge in [-0.05, 0) is 58.1 Å². The predicted molar refractivity (Wildman–Crippen MR) is 115 cm³/mol. The lowest BCUT2D eigenvalue weighted by Gasteiger charge is -2.38. The number of ether oxygens (including phenoxy) is 1. The van der Waals surface area contributed by atoms with Gasteiger partial charge in [0.2, 0.25) is 5.91 Å². The van der Waals surface area contributed by atoms with Gasteiger partial charge in [-0.1, -0.05) is 32.0 Å². The van der Waals surface area contributed by atoms with Crippen molar-refractivity contribution in [2.45, 2.75) is 72.1 Å². The molecule has 2 amide bonds. The van der Waals surface area contributed by atoms with Crippen LogP contribution in [0.3, 0.4) is 0 Å². The number of hydrogen-bond acceptors (Lipinski definition) is 3. The van der Waals surface area contributed by atoms with E-state index >= 15 is 0 Å². The molecule has 1 aromatic carbocycles. The summed E-state index contributed by atoms with van der Waals surface area (Å²) in [5.74, 6) is 0.354. The first-order valence-corrected chi connectivity index (χ1v) is 10.5. The largest absolute Gasteiger partial charge is 0.444 e. The first-order chi connectivity index (χ1) is 13.6. The van der Waals surface area contributed by atoms with E-state index < -0.39 is 17.7 Å². The zero-order valence-electron chi connectivity index (χ0n) is 18.3. The van der Waals surface area contributed by atoms with Gasteiger partial charge in [0.15, 0.2) is 0 Å². The van der Waals surface area contributed by atoms with Gasteiger partial charge in [0.1, 0.15) is 11.6 Å². The minimum absolute atomic E-state index is 0.0264. The van der Waals surface area contributed by atoms with Gasteiger partial charge in [0.05, 0.1) is 6.04 Å². The Kier molecular flexibility index (Phi) is 5.92. The highest BCUT2D eigenvalue weighted by molar-refractivity contribution is 5.88. The summed E-state index contributed by atoms with van der Waals surface area (Å²) in [4.78, 5) is 30.9. The van der Waals surface area contributed by atoms with Gasteiger partial charge in [-0.2, -0.15) is 0 Å². The van der Waals surface area contributed by atoms with Gasteiger partial charge in [0.25, 0.3) is 0 Å². The minimum Gasteiger partial charge on any atom is -0.444 e. The number of para-hydroxylation sites is 1. The topological polar surface area (TPSA) is 74.4 Å². The van der Waals surface area contributed by atoms with Crippen LogP contribution in [0.2, 0.25) is 0 Å². The highest BCUT2D eigenvalue weighted by Gasteiger charge is 2.36. The molecule has 0 spiro atoms. The number of rotatable bonds is 4. The molecule has 6 heteroatoms. The molecule has 1 aromatic heterocycles. The maximum atomic E-state index is 13.3. The normalized spacial score (nSPS) is 17.9. The fourth-order valence-corrected chi connectivity index (χ4v) is 4.07. The standard InChI is InChI=1S/C23H33N3O3/c1-14(2)13-19-20-17(16-9-7-8-10-18(16)25-20)11-12-26(19)21(27)15(3)24-22(28)29-23(4,5)6/h7-10,14-15,19,25H,11-13H2,1-6H3,(H,24,28)/t15-,19?/m1/s1. The van der Waals surface area contributed by atoms with Gasteiger partial charge in [-0.25, -0.2) is 4.79 Å². The fraction of sp³-hybridized carbons (Fsp3) is 0.565. The van der Waals surface area contributed by atoms with Gasteiger partial charge < -0.3 is 19.9 Å². The highest BCUT2D eigenvalue weighted by Crippen LogP contribution is 2.38. The van der Waals surface area contributed by atoms with Crippen LogP contribution in [0.4, 0.5) is 4.79 Å². The molecular weight excluding hydrogens is 366 g/mol. The SMILES string of the molecule is CC(C)CC1c2[nH]c3ccccc3c2CCN1C(=O)[C@@H](C)NC(=O)OC(C)(C)C. The summed E-state index contributed by atoms with van der Waals surface area (Å²) in [5, 5.41) is 3.93. The molecule has 3 rings (SSSR count). The van der Waals surface area contributed by atoms with Crippen molar-refractivity contribution in [3.63, 3.8) is 0 Å². The third kappa shape index (κ3) is 4.74. The van der Waals surface area contributed by atoms with Crippen LogP contribution >= 0.6 is 0 Å². The molecule has 1 aliphatic rings. The van der Waals surface area contributed by atoms with E-state index in [0.29, 0.717) is 12.5 Å². The van der Waals surface area contributed by atoms with Gasteiger partial charge in [-0.15, -0.1) is 0 Å². The first-order valence-electron chi connectivity index (χ1n) is 10.5. The number of carbonyl (C=O) groups excluding carboxylic acids is 2. The molecule has 1 unspecified atom stereocenters. The lowest BCUT2D eigenvalue weighted by Crippen LogP contribution is -2.51. The number of aromatic amines is 1. The monoisotopic (exact) mass is 399 g/mol. The van der Waals surface area contributed by atoms with E-state index in [1.165, 1.54) is 10.9 Å². The molecule has 2 atom stereocenters. The average Bonchev–Trinajstić information content (AvgIpc) is 2.98. The molecule has 0 aliphatic carbocycles. The Labute approximate surface area is 173 Å². The Hall–Kier alpha value is -2.50. The Balaban J connectivity index is 1.84. The lowest BCUT2D eigenvalue weighted by molar-refractivity contribution is -0.136. The lowest BCUT2D eigenvalue weighted by atomic mass is 9.91. The van der Waals surface area contributed by atoms with Crippen LogP contribution < -0.4 is 5.32 Å². The number of aromatic nitrogens is 1. The van der Waals surface area contributed by atoms with Crippen LogP contribution in [0.5, 0.6) is 0 Å². The van der Waals surface area contributed by atoms with Crippen LogP contribution in [0.1, 0.15) is 65.3 Å². The molecule has 2 N–H and O–H groups in total. The molecule has 6 nitrogen and oxygen atoms in total. The van der Waals surface area contributed by atoms with E-state index in [9.17, 15) is 9.59 Å². The quantitative estimate of drug-likeness (QED) is 0.792. The summed E-state index contributed by atoms with van der Waals surface area (Å²) in [6.45, 7) is 12.1. The number of benzene rings is 1. The van der Waals surface area contributed by atoms with E-state index in [4.69, 9.17) is 4.74 Å². The number of hydrogen-bond donors (Lipinski definition) is 2. The summed E-state index contributed by atoms with van der Waals surface area (Å²) >= 11 is 0. The number of H-pyrrole nitrogens is 1. The van der Waals surface area contributed by atoms with Crippen LogP contribution in [0.15, 0.2) is 24.3 Å². The molecule has 2 heterocycles. The molecule has 2 aromatic rings. The molecular formula is C23H33N3O3. The number of fused-ring (bicyclic) bond motifs is 3. The summed E-state index contributed by atoms with van der Waals surface area (Å²) in [5.41, 5.74) is 2.95. The van der Waals surface area contributed by atoms with Crippen molar-refractivity contribution in [3.8, 4) is 0 Å². The Bertz CT molecular complexity index is 894. The van der Waals surface area contributed by atoms with Crippen molar-refractivity contribution in [1.82, 2.24) is 15.2 Å². The van der Waals surface area contributed by atoms with Crippen LogP contribution in [0, 0.1) is 5.92 Å². The molecule has 0 saturated carbocycles. The second kappa shape index (κ2) is 8.09. The fourth-order valence-electron chi connectivity index (χ4n) is 4.07. The number of nitrogens with one attached hydrogen (secondary N) is 2. The summed E-state index contributed by atoms with van der Waals surface area (Å²) in [6, 6.07) is 7.63. The third-order valence-electron chi connectivity index (χ3n) is 5.24. The smallest absolute Gasteiger partial charge is 0.408 e. The van der Waals surface area contributed by atoms with Gasteiger partial charge in [-0.3, -0.25) is 4.79 Å². The highest BCUT2D eigenvalue weighted by atomic mass is 16.6. The Morgan fingerprint density at radius 2 is 1.93 bits per heavy atom.